The first-order chi connectivity index (χ1) is 10.4. The molecule has 22 heavy (non-hydrogen) atoms. The average molecular weight is 388 g/mol. The minimum absolute atomic E-state index is 0.0630. The lowest BCUT2D eigenvalue weighted by Crippen LogP contribution is -2.14. The van der Waals surface area contributed by atoms with Crippen LogP contribution in [0, 0.1) is 0 Å². The number of anilines is 1. The van der Waals surface area contributed by atoms with Crippen molar-refractivity contribution < 1.29 is 23.0 Å². The van der Waals surface area contributed by atoms with Crippen molar-refractivity contribution in [2.24, 2.45) is 0 Å². The van der Waals surface area contributed by atoms with Gasteiger partial charge in [0.2, 0.25) is 0 Å². The molecule has 2 aromatic rings. The van der Waals surface area contributed by atoms with Crippen molar-refractivity contribution in [1.29, 1.82) is 0 Å². The number of ether oxygens (including phenoxy) is 2. The van der Waals surface area contributed by atoms with Gasteiger partial charge in [-0.05, 0) is 30.3 Å². The summed E-state index contributed by atoms with van der Waals surface area (Å²) in [6, 6.07) is 8.88. The van der Waals surface area contributed by atoms with E-state index in [2.05, 4.69) is 20.7 Å². The van der Waals surface area contributed by atoms with E-state index >= 15 is 0 Å². The highest BCUT2D eigenvalue weighted by molar-refractivity contribution is 9.10. The standard InChI is InChI=1S/C14H14BrNO5S/c1-20-10-4-6-13(21-2)14(8-10)22(18,19)16-11-5-3-9(15)7-12(11)17/h3-8,16-17H,1-2H3. The summed E-state index contributed by atoms with van der Waals surface area (Å²) in [5.41, 5.74) is 0.0630. The SMILES string of the molecule is COc1ccc(OC)c(S(=O)(=O)Nc2ccc(Br)cc2O)c1. The van der Waals surface area contributed by atoms with Crippen LogP contribution in [0.3, 0.4) is 0 Å². The summed E-state index contributed by atoms with van der Waals surface area (Å²) in [5.74, 6) is 0.353. The zero-order valence-corrected chi connectivity index (χ0v) is 14.2. The first kappa shape index (κ1) is 16.4. The van der Waals surface area contributed by atoms with Gasteiger partial charge in [-0.2, -0.15) is 0 Å². The third-order valence-corrected chi connectivity index (χ3v) is 4.74. The Morgan fingerprint density at radius 2 is 1.82 bits per heavy atom. The molecule has 0 aliphatic carbocycles. The van der Waals surface area contributed by atoms with Crippen molar-refractivity contribution in [3.63, 3.8) is 0 Å². The van der Waals surface area contributed by atoms with Crippen LogP contribution in [0.15, 0.2) is 45.8 Å². The lowest BCUT2D eigenvalue weighted by molar-refractivity contribution is 0.392. The Balaban J connectivity index is 2.46. The highest BCUT2D eigenvalue weighted by Gasteiger charge is 2.22. The maximum absolute atomic E-state index is 12.5. The zero-order valence-electron chi connectivity index (χ0n) is 11.8. The molecule has 0 saturated heterocycles. The highest BCUT2D eigenvalue weighted by atomic mass is 79.9. The number of halogens is 1. The minimum Gasteiger partial charge on any atom is -0.506 e. The Morgan fingerprint density at radius 3 is 2.41 bits per heavy atom. The van der Waals surface area contributed by atoms with Gasteiger partial charge < -0.3 is 14.6 Å². The number of aromatic hydroxyl groups is 1. The van der Waals surface area contributed by atoms with Crippen LogP contribution in [0.4, 0.5) is 5.69 Å². The van der Waals surface area contributed by atoms with Crippen molar-refractivity contribution >= 4 is 31.6 Å². The molecule has 8 heteroatoms. The molecule has 0 saturated carbocycles. The monoisotopic (exact) mass is 387 g/mol. The van der Waals surface area contributed by atoms with Gasteiger partial charge >= 0.3 is 0 Å². The number of rotatable bonds is 5. The molecule has 6 nitrogen and oxygen atoms in total. The third-order valence-electron chi connectivity index (χ3n) is 2.86. The van der Waals surface area contributed by atoms with Crippen LogP contribution in [0.25, 0.3) is 0 Å². The van der Waals surface area contributed by atoms with Gasteiger partial charge in [-0.1, -0.05) is 15.9 Å². The number of phenols is 1. The number of nitrogens with one attached hydrogen (secondary N) is 1. The quantitative estimate of drug-likeness (QED) is 0.770. The molecule has 0 amide bonds. The molecule has 2 rings (SSSR count). The van der Waals surface area contributed by atoms with Crippen molar-refractivity contribution in [2.75, 3.05) is 18.9 Å². The van der Waals surface area contributed by atoms with E-state index in [-0.39, 0.29) is 22.1 Å². The Kier molecular flexibility index (Phi) is 4.82. The van der Waals surface area contributed by atoms with Gasteiger partial charge in [0.1, 0.15) is 22.1 Å². The number of benzene rings is 2. The van der Waals surface area contributed by atoms with E-state index in [0.29, 0.717) is 10.2 Å². The van der Waals surface area contributed by atoms with Crippen LogP contribution < -0.4 is 14.2 Å². The lowest BCUT2D eigenvalue weighted by atomic mass is 10.3. The van der Waals surface area contributed by atoms with Crippen molar-refractivity contribution in [3.05, 3.63) is 40.9 Å². The van der Waals surface area contributed by atoms with E-state index in [0.717, 1.165) is 0 Å². The number of phenolic OH excluding ortho intramolecular Hbond substituents is 1. The van der Waals surface area contributed by atoms with E-state index < -0.39 is 10.0 Å². The third kappa shape index (κ3) is 3.45. The molecule has 2 N–H and O–H groups in total. The first-order valence-corrected chi connectivity index (χ1v) is 8.38. The zero-order chi connectivity index (χ0) is 16.3. The Hall–Kier alpha value is -1.93. The topological polar surface area (TPSA) is 84.9 Å². The molecular weight excluding hydrogens is 374 g/mol. The van der Waals surface area contributed by atoms with E-state index in [1.54, 1.807) is 12.1 Å². The van der Waals surface area contributed by atoms with Gasteiger partial charge in [-0.25, -0.2) is 8.42 Å². The lowest BCUT2D eigenvalue weighted by Gasteiger charge is -2.13. The van der Waals surface area contributed by atoms with E-state index in [4.69, 9.17) is 9.47 Å². The largest absolute Gasteiger partial charge is 0.506 e. The van der Waals surface area contributed by atoms with Crippen molar-refractivity contribution in [1.82, 2.24) is 0 Å². The molecule has 0 unspecified atom stereocenters. The molecule has 0 heterocycles. The summed E-state index contributed by atoms with van der Waals surface area (Å²) in [6.45, 7) is 0. The smallest absolute Gasteiger partial charge is 0.265 e. The first-order valence-electron chi connectivity index (χ1n) is 6.10. The Bertz CT molecular complexity index is 792. The maximum atomic E-state index is 12.5. The summed E-state index contributed by atoms with van der Waals surface area (Å²) >= 11 is 3.19. The number of hydrogen-bond acceptors (Lipinski definition) is 5. The number of sulfonamides is 1. The second-order valence-corrected chi connectivity index (χ2v) is 6.85. The maximum Gasteiger partial charge on any atom is 0.265 e. The normalized spacial score (nSPS) is 11.0. The number of hydrogen-bond donors (Lipinski definition) is 2. The summed E-state index contributed by atoms with van der Waals surface area (Å²) < 4.78 is 38.1. The second kappa shape index (κ2) is 6.45. The second-order valence-electron chi connectivity index (χ2n) is 4.28. The molecule has 0 fully saturated rings. The predicted molar refractivity (Wildman–Crippen MR) is 86.2 cm³/mol. The van der Waals surface area contributed by atoms with E-state index in [1.807, 2.05) is 0 Å². The van der Waals surface area contributed by atoms with Gasteiger partial charge in [0.25, 0.3) is 10.0 Å². The Morgan fingerprint density at radius 1 is 1.09 bits per heavy atom. The summed E-state index contributed by atoms with van der Waals surface area (Å²) in [7, 11) is -1.14. The fraction of sp³-hybridized carbons (Fsp3) is 0.143. The van der Waals surface area contributed by atoms with Crippen LogP contribution >= 0.6 is 15.9 Å². The molecule has 2 aromatic carbocycles. The number of methoxy groups -OCH3 is 2. The molecule has 118 valence electrons. The van der Waals surface area contributed by atoms with Crippen LogP contribution in [0.1, 0.15) is 0 Å². The minimum atomic E-state index is -3.95. The molecule has 0 spiro atoms. The highest BCUT2D eigenvalue weighted by Crippen LogP contribution is 2.33. The van der Waals surface area contributed by atoms with E-state index in [1.165, 1.54) is 38.5 Å². The summed E-state index contributed by atoms with van der Waals surface area (Å²) in [5, 5.41) is 9.82. The van der Waals surface area contributed by atoms with E-state index in [9.17, 15) is 13.5 Å². The molecule has 0 aliphatic rings. The average Bonchev–Trinajstić information content (AvgIpc) is 2.49. The summed E-state index contributed by atoms with van der Waals surface area (Å²) in [6.07, 6.45) is 0. The van der Waals surface area contributed by atoms with Gasteiger partial charge in [0.15, 0.2) is 0 Å². The molecular formula is C14H14BrNO5S. The van der Waals surface area contributed by atoms with Crippen LogP contribution in [0.5, 0.6) is 17.2 Å². The molecule has 0 atom stereocenters. The molecule has 0 bridgehead atoms. The van der Waals surface area contributed by atoms with Crippen LogP contribution in [-0.4, -0.2) is 27.7 Å². The molecule has 0 aliphatic heterocycles. The fourth-order valence-electron chi connectivity index (χ4n) is 1.78. The Labute approximate surface area is 136 Å². The van der Waals surface area contributed by atoms with Crippen LogP contribution in [-0.2, 0) is 10.0 Å². The van der Waals surface area contributed by atoms with Gasteiger partial charge in [0.05, 0.1) is 19.9 Å². The fourth-order valence-corrected chi connectivity index (χ4v) is 3.39. The van der Waals surface area contributed by atoms with Crippen LogP contribution in [0.2, 0.25) is 0 Å². The molecule has 0 radical (unpaired) electrons. The van der Waals surface area contributed by atoms with Crippen molar-refractivity contribution in [2.45, 2.75) is 4.90 Å². The van der Waals surface area contributed by atoms with Crippen molar-refractivity contribution in [3.8, 4) is 17.2 Å². The van der Waals surface area contributed by atoms with Gasteiger partial charge in [-0.3, -0.25) is 4.72 Å². The van der Waals surface area contributed by atoms with Gasteiger partial charge in [-0.15, -0.1) is 0 Å². The van der Waals surface area contributed by atoms with Gasteiger partial charge in [0, 0.05) is 10.5 Å². The summed E-state index contributed by atoms with van der Waals surface area (Å²) in [4.78, 5) is -0.0864. The molecule has 0 aromatic heterocycles. The predicted octanol–water partition coefficient (Wildman–Crippen LogP) is 2.97.